The first-order chi connectivity index (χ1) is 14.9. The lowest BCUT2D eigenvalue weighted by Crippen LogP contribution is -2.38. The molecule has 0 heterocycles. The van der Waals surface area contributed by atoms with Crippen molar-refractivity contribution in [3.05, 3.63) is 35.4 Å². The van der Waals surface area contributed by atoms with E-state index in [4.69, 9.17) is 18.9 Å². The summed E-state index contributed by atoms with van der Waals surface area (Å²) in [5.74, 6) is -0.302. The Bertz CT molecular complexity index is 639. The van der Waals surface area contributed by atoms with Crippen molar-refractivity contribution in [3.63, 3.8) is 0 Å². The Morgan fingerprint density at radius 1 is 0.968 bits per heavy atom. The van der Waals surface area contributed by atoms with Crippen molar-refractivity contribution in [1.29, 1.82) is 0 Å². The largest absolute Gasteiger partial charge is 0.461 e. The molecule has 0 radical (unpaired) electrons. The van der Waals surface area contributed by atoms with Crippen LogP contribution in [0.2, 0.25) is 0 Å². The third-order valence-electron chi connectivity index (χ3n) is 4.11. The van der Waals surface area contributed by atoms with E-state index in [1.165, 1.54) is 0 Å². The molecule has 0 atom stereocenters. The highest BCUT2D eigenvalue weighted by molar-refractivity contribution is 9.09. The van der Waals surface area contributed by atoms with E-state index in [0.717, 1.165) is 16.5 Å². The number of carbonyl (C=O) groups is 2. The number of ether oxygens (including phenoxy) is 4. The fourth-order valence-electron chi connectivity index (χ4n) is 2.63. The Morgan fingerprint density at radius 3 is 2.26 bits per heavy atom. The maximum absolute atomic E-state index is 11.9. The van der Waals surface area contributed by atoms with Crippen molar-refractivity contribution in [1.82, 2.24) is 10.6 Å². The monoisotopic (exact) mass is 502 g/mol. The molecule has 0 saturated heterocycles. The number of halogens is 1. The zero-order valence-electron chi connectivity index (χ0n) is 18.7. The van der Waals surface area contributed by atoms with E-state index in [2.05, 4.69) is 26.6 Å². The molecule has 0 aliphatic rings. The summed E-state index contributed by atoms with van der Waals surface area (Å²) >= 11 is 3.27. The van der Waals surface area contributed by atoms with Crippen LogP contribution in [0.15, 0.2) is 24.3 Å². The number of amides is 1. The Morgan fingerprint density at radius 2 is 1.61 bits per heavy atom. The quantitative estimate of drug-likeness (QED) is 0.204. The number of esters is 1. The lowest BCUT2D eigenvalue weighted by molar-refractivity contribution is -0.146. The number of hydrogen-bond donors (Lipinski definition) is 2. The second kappa shape index (κ2) is 16.0. The zero-order valence-corrected chi connectivity index (χ0v) is 20.3. The topological polar surface area (TPSA) is 95.1 Å². The fourth-order valence-corrected chi connectivity index (χ4v) is 2.85. The highest BCUT2D eigenvalue weighted by Gasteiger charge is 2.23. The SMILES string of the molecule is CNCCNC(=O)OC(C)(C)Cc1ccc(COC(=O)CCOCCOCCBr)cc1. The van der Waals surface area contributed by atoms with E-state index in [1.807, 2.05) is 45.2 Å². The maximum Gasteiger partial charge on any atom is 0.407 e. The van der Waals surface area contributed by atoms with Gasteiger partial charge in [0, 0.05) is 24.8 Å². The molecule has 2 N–H and O–H groups in total. The number of likely N-dealkylation sites (N-methyl/N-ethyl adjacent to an activating group) is 1. The van der Waals surface area contributed by atoms with Crippen LogP contribution in [0.25, 0.3) is 0 Å². The zero-order chi connectivity index (χ0) is 23.0. The minimum Gasteiger partial charge on any atom is -0.461 e. The highest BCUT2D eigenvalue weighted by Crippen LogP contribution is 2.18. The average molecular weight is 503 g/mol. The van der Waals surface area contributed by atoms with Gasteiger partial charge in [0.25, 0.3) is 0 Å². The van der Waals surface area contributed by atoms with Crippen LogP contribution in [0.1, 0.15) is 31.4 Å². The van der Waals surface area contributed by atoms with Gasteiger partial charge in [-0.2, -0.15) is 0 Å². The number of carbonyl (C=O) groups excluding carboxylic acids is 2. The number of alkyl carbamates (subject to hydrolysis) is 1. The van der Waals surface area contributed by atoms with Gasteiger partial charge in [-0.05, 0) is 32.0 Å². The second-order valence-electron chi connectivity index (χ2n) is 7.50. The van der Waals surface area contributed by atoms with Gasteiger partial charge in [0.05, 0.1) is 32.8 Å². The van der Waals surface area contributed by atoms with Gasteiger partial charge in [-0.1, -0.05) is 40.2 Å². The molecule has 1 amide bonds. The van der Waals surface area contributed by atoms with Crippen LogP contribution in [0, 0.1) is 0 Å². The molecule has 31 heavy (non-hydrogen) atoms. The molecule has 0 aliphatic heterocycles. The first-order valence-electron chi connectivity index (χ1n) is 10.4. The number of alkyl halides is 1. The third kappa shape index (κ3) is 14.1. The summed E-state index contributed by atoms with van der Waals surface area (Å²) in [6.07, 6.45) is 0.348. The Hall–Kier alpha value is -1.68. The number of rotatable bonds is 16. The Labute approximate surface area is 193 Å². The van der Waals surface area contributed by atoms with Gasteiger partial charge in [-0.3, -0.25) is 4.79 Å². The van der Waals surface area contributed by atoms with Crippen LogP contribution in [-0.4, -0.2) is 69.6 Å². The number of benzene rings is 1. The van der Waals surface area contributed by atoms with Crippen LogP contribution < -0.4 is 10.6 Å². The highest BCUT2D eigenvalue weighted by atomic mass is 79.9. The molecular weight excluding hydrogens is 468 g/mol. The number of hydrogen-bond acceptors (Lipinski definition) is 7. The minimum absolute atomic E-state index is 0.207. The van der Waals surface area contributed by atoms with E-state index in [9.17, 15) is 9.59 Å². The summed E-state index contributed by atoms with van der Waals surface area (Å²) in [6, 6.07) is 7.71. The molecule has 0 unspecified atom stereocenters. The summed E-state index contributed by atoms with van der Waals surface area (Å²) in [4.78, 5) is 23.7. The van der Waals surface area contributed by atoms with E-state index >= 15 is 0 Å². The Kier molecular flexibility index (Phi) is 14.1. The summed E-state index contributed by atoms with van der Waals surface area (Å²) in [5.41, 5.74) is 1.28. The third-order valence-corrected chi connectivity index (χ3v) is 4.43. The molecule has 0 bridgehead atoms. The van der Waals surface area contributed by atoms with Gasteiger partial charge < -0.3 is 29.6 Å². The first-order valence-corrected chi connectivity index (χ1v) is 11.5. The van der Waals surface area contributed by atoms with Crippen molar-refractivity contribution < 1.29 is 28.5 Å². The standard InChI is InChI=1S/C22H35BrN2O6/c1-22(2,31-21(27)25-11-10-24-3)16-18-4-6-19(7-5-18)17-30-20(26)8-12-28-14-15-29-13-9-23/h4-7,24H,8-17H2,1-3H3,(H,25,27). The summed E-state index contributed by atoms with van der Waals surface area (Å²) in [7, 11) is 1.82. The van der Waals surface area contributed by atoms with Gasteiger partial charge in [-0.15, -0.1) is 0 Å². The minimum atomic E-state index is -0.642. The van der Waals surface area contributed by atoms with Crippen molar-refractivity contribution >= 4 is 28.0 Å². The van der Waals surface area contributed by atoms with E-state index in [0.29, 0.717) is 45.9 Å². The molecular formula is C22H35BrN2O6. The molecule has 0 saturated carbocycles. The van der Waals surface area contributed by atoms with Crippen molar-refractivity contribution in [2.75, 3.05) is 51.9 Å². The van der Waals surface area contributed by atoms with Crippen LogP contribution in [0.4, 0.5) is 4.79 Å². The molecule has 0 fully saturated rings. The van der Waals surface area contributed by atoms with Crippen LogP contribution in [-0.2, 0) is 36.8 Å². The normalized spacial score (nSPS) is 11.2. The molecule has 1 aromatic carbocycles. The number of nitrogens with one attached hydrogen (secondary N) is 2. The van der Waals surface area contributed by atoms with Gasteiger partial charge in [-0.25, -0.2) is 4.79 Å². The van der Waals surface area contributed by atoms with Gasteiger partial charge in [0.15, 0.2) is 0 Å². The lowest BCUT2D eigenvalue weighted by Gasteiger charge is -2.25. The smallest absolute Gasteiger partial charge is 0.407 e. The van der Waals surface area contributed by atoms with Crippen molar-refractivity contribution in [3.8, 4) is 0 Å². The summed E-state index contributed by atoms with van der Waals surface area (Å²) in [5, 5.41) is 6.45. The molecule has 9 heteroatoms. The summed E-state index contributed by atoms with van der Waals surface area (Å²) in [6.45, 7) is 7.06. The van der Waals surface area contributed by atoms with Gasteiger partial charge >= 0.3 is 12.1 Å². The van der Waals surface area contributed by atoms with Crippen LogP contribution >= 0.6 is 15.9 Å². The molecule has 0 aromatic heterocycles. The van der Waals surface area contributed by atoms with Gasteiger partial charge in [0.2, 0.25) is 0 Å². The fraction of sp³-hybridized carbons (Fsp3) is 0.636. The predicted molar refractivity (Wildman–Crippen MR) is 122 cm³/mol. The van der Waals surface area contributed by atoms with Crippen molar-refractivity contribution in [2.24, 2.45) is 0 Å². The second-order valence-corrected chi connectivity index (χ2v) is 8.29. The van der Waals surface area contributed by atoms with E-state index in [-0.39, 0.29) is 19.0 Å². The van der Waals surface area contributed by atoms with E-state index in [1.54, 1.807) is 0 Å². The summed E-state index contributed by atoms with van der Waals surface area (Å²) < 4.78 is 21.4. The molecule has 8 nitrogen and oxygen atoms in total. The maximum atomic E-state index is 11.9. The first kappa shape index (κ1) is 27.4. The van der Waals surface area contributed by atoms with Crippen LogP contribution in [0.3, 0.4) is 0 Å². The van der Waals surface area contributed by atoms with Crippen LogP contribution in [0.5, 0.6) is 0 Å². The lowest BCUT2D eigenvalue weighted by atomic mass is 9.97. The van der Waals surface area contributed by atoms with Gasteiger partial charge in [0.1, 0.15) is 12.2 Å². The van der Waals surface area contributed by atoms with Crippen molar-refractivity contribution in [2.45, 2.75) is 38.9 Å². The Balaban J connectivity index is 2.28. The average Bonchev–Trinajstić information content (AvgIpc) is 2.72. The molecule has 1 aromatic rings. The predicted octanol–water partition coefficient (Wildman–Crippen LogP) is 2.81. The molecule has 176 valence electrons. The van der Waals surface area contributed by atoms with E-state index < -0.39 is 11.7 Å². The molecule has 1 rings (SSSR count). The molecule has 0 spiro atoms. The molecule has 0 aliphatic carbocycles.